The number of carbonyl (C=O) groups excluding carboxylic acids is 1. The van der Waals surface area contributed by atoms with Crippen molar-refractivity contribution in [3.63, 3.8) is 0 Å². The van der Waals surface area contributed by atoms with Crippen LogP contribution < -0.4 is 5.32 Å². The third-order valence-electron chi connectivity index (χ3n) is 2.57. The van der Waals surface area contributed by atoms with Crippen LogP contribution in [0.25, 0.3) is 0 Å². The minimum absolute atomic E-state index is 0.0117. The molecule has 5 nitrogen and oxygen atoms in total. The zero-order valence-electron chi connectivity index (χ0n) is 10.1. The van der Waals surface area contributed by atoms with Gasteiger partial charge in [0.05, 0.1) is 14.3 Å². The van der Waals surface area contributed by atoms with Gasteiger partial charge in [-0.25, -0.2) is 0 Å². The van der Waals surface area contributed by atoms with Crippen LogP contribution in [0.5, 0.6) is 0 Å². The Morgan fingerprint density at radius 2 is 2.15 bits per heavy atom. The highest BCUT2D eigenvalue weighted by molar-refractivity contribution is 9.11. The van der Waals surface area contributed by atoms with Crippen LogP contribution in [0.4, 0.5) is 11.4 Å². The molecular weight excluding hydrogens is 368 g/mol. The van der Waals surface area contributed by atoms with Crippen molar-refractivity contribution in [2.45, 2.75) is 6.92 Å². The Bertz CT molecular complexity index is 702. The lowest BCUT2D eigenvalue weighted by Crippen LogP contribution is -2.12. The van der Waals surface area contributed by atoms with Gasteiger partial charge in [-0.15, -0.1) is 11.3 Å². The molecule has 1 aromatic heterocycles. The molecule has 0 aliphatic carbocycles. The number of rotatable bonds is 3. The first-order chi connectivity index (χ1) is 9.38. The normalized spacial score (nSPS) is 10.3. The summed E-state index contributed by atoms with van der Waals surface area (Å²) in [5, 5.41) is 15.1. The molecule has 0 radical (unpaired) electrons. The molecule has 0 aliphatic rings. The highest BCUT2D eigenvalue weighted by Gasteiger charge is 2.17. The van der Waals surface area contributed by atoms with Crippen molar-refractivity contribution in [2.24, 2.45) is 0 Å². The van der Waals surface area contributed by atoms with Gasteiger partial charge in [-0.05, 0) is 40.5 Å². The number of anilines is 1. The lowest BCUT2D eigenvalue weighted by atomic mass is 10.1. The summed E-state index contributed by atoms with van der Waals surface area (Å²) in [6.07, 6.45) is 0. The number of hydrogen-bond donors (Lipinski definition) is 1. The maximum atomic E-state index is 12.0. The largest absolute Gasteiger partial charge is 0.322 e. The summed E-state index contributed by atoms with van der Waals surface area (Å²) in [5.74, 6) is -0.292. The summed E-state index contributed by atoms with van der Waals surface area (Å²) in [6.45, 7) is 1.67. The highest BCUT2D eigenvalue weighted by atomic mass is 79.9. The van der Waals surface area contributed by atoms with E-state index in [4.69, 9.17) is 11.6 Å². The van der Waals surface area contributed by atoms with Crippen molar-refractivity contribution < 1.29 is 9.72 Å². The molecule has 0 atom stereocenters. The number of nitro groups is 1. The number of thiophene rings is 1. The van der Waals surface area contributed by atoms with Gasteiger partial charge in [-0.1, -0.05) is 11.6 Å². The second-order valence-corrected chi connectivity index (χ2v) is 6.67. The van der Waals surface area contributed by atoms with Gasteiger partial charge in [0, 0.05) is 17.1 Å². The summed E-state index contributed by atoms with van der Waals surface area (Å²) in [6, 6.07) is 4.41. The van der Waals surface area contributed by atoms with Crippen molar-refractivity contribution in [2.75, 3.05) is 5.32 Å². The smallest absolute Gasteiger partial charge is 0.288 e. The summed E-state index contributed by atoms with van der Waals surface area (Å²) in [4.78, 5) is 22.2. The van der Waals surface area contributed by atoms with E-state index in [1.807, 2.05) is 0 Å². The average Bonchev–Trinajstić information content (AvgIpc) is 2.79. The molecule has 1 amide bonds. The predicted molar refractivity (Wildman–Crippen MR) is 82.8 cm³/mol. The SMILES string of the molecule is Cc1cc([N+](=O)[O-])c(Cl)cc1NC(=O)c1csc(Br)c1. The van der Waals surface area contributed by atoms with E-state index in [1.54, 1.807) is 18.4 Å². The molecule has 0 saturated heterocycles. The standard InChI is InChI=1S/C12H8BrClN2O3S/c1-6-2-10(16(18)19)8(14)4-9(6)15-12(17)7-3-11(13)20-5-7/h2-5H,1H3,(H,15,17). The molecule has 0 fully saturated rings. The third-order valence-corrected chi connectivity index (χ3v) is 4.38. The van der Waals surface area contributed by atoms with Crippen molar-refractivity contribution in [1.82, 2.24) is 0 Å². The monoisotopic (exact) mass is 374 g/mol. The topological polar surface area (TPSA) is 72.2 Å². The number of amides is 1. The van der Waals surface area contributed by atoms with E-state index in [-0.39, 0.29) is 16.6 Å². The second kappa shape index (κ2) is 5.90. The van der Waals surface area contributed by atoms with Crippen LogP contribution in [-0.2, 0) is 0 Å². The van der Waals surface area contributed by atoms with Crippen molar-refractivity contribution in [1.29, 1.82) is 0 Å². The molecule has 2 aromatic rings. The zero-order chi connectivity index (χ0) is 14.9. The van der Waals surface area contributed by atoms with Crippen LogP contribution in [0.1, 0.15) is 15.9 Å². The van der Waals surface area contributed by atoms with E-state index in [0.717, 1.165) is 3.79 Å². The number of nitro benzene ring substituents is 1. The molecule has 8 heteroatoms. The predicted octanol–water partition coefficient (Wildman–Crippen LogP) is 4.63. The number of hydrogen-bond acceptors (Lipinski definition) is 4. The summed E-state index contributed by atoms with van der Waals surface area (Å²) in [5.41, 5.74) is 1.35. The van der Waals surface area contributed by atoms with Gasteiger partial charge in [-0.3, -0.25) is 14.9 Å². The fraction of sp³-hybridized carbons (Fsp3) is 0.0833. The minimum Gasteiger partial charge on any atom is -0.322 e. The molecule has 0 saturated carbocycles. The molecule has 2 rings (SSSR count). The molecule has 104 valence electrons. The number of nitrogens with zero attached hydrogens (tertiary/aromatic N) is 1. The number of nitrogens with one attached hydrogen (secondary N) is 1. The van der Waals surface area contributed by atoms with Gasteiger partial charge < -0.3 is 5.32 Å². The number of halogens is 2. The Hall–Kier alpha value is -1.44. The van der Waals surface area contributed by atoms with E-state index in [9.17, 15) is 14.9 Å². The highest BCUT2D eigenvalue weighted by Crippen LogP contribution is 2.31. The Labute approximate surface area is 131 Å². The fourth-order valence-corrected chi connectivity index (χ4v) is 2.93. The Morgan fingerprint density at radius 1 is 1.45 bits per heavy atom. The molecular formula is C12H8BrClN2O3S. The van der Waals surface area contributed by atoms with Crippen LogP contribution in [-0.4, -0.2) is 10.8 Å². The number of aryl methyl sites for hydroxylation is 1. The molecule has 0 aliphatic heterocycles. The maximum Gasteiger partial charge on any atom is 0.288 e. The van der Waals surface area contributed by atoms with Gasteiger partial charge in [0.25, 0.3) is 11.6 Å². The van der Waals surface area contributed by atoms with Gasteiger partial charge in [0.2, 0.25) is 0 Å². The second-order valence-electron chi connectivity index (χ2n) is 3.97. The quantitative estimate of drug-likeness (QED) is 0.628. The molecule has 1 N–H and O–H groups in total. The molecule has 1 aromatic carbocycles. The van der Waals surface area contributed by atoms with Crippen molar-refractivity contribution in [3.05, 3.63) is 53.6 Å². The minimum atomic E-state index is -0.559. The summed E-state index contributed by atoms with van der Waals surface area (Å²) in [7, 11) is 0. The van der Waals surface area contributed by atoms with E-state index in [1.165, 1.54) is 23.5 Å². The number of carbonyl (C=O) groups is 1. The summed E-state index contributed by atoms with van der Waals surface area (Å²) < 4.78 is 0.848. The zero-order valence-corrected chi connectivity index (χ0v) is 13.3. The fourth-order valence-electron chi connectivity index (χ4n) is 1.56. The van der Waals surface area contributed by atoms with Crippen LogP contribution in [0.15, 0.2) is 27.4 Å². The average molecular weight is 376 g/mol. The Balaban J connectivity index is 2.28. The molecule has 20 heavy (non-hydrogen) atoms. The molecule has 1 heterocycles. The first-order valence-corrected chi connectivity index (χ1v) is 7.43. The number of benzene rings is 1. The summed E-state index contributed by atoms with van der Waals surface area (Å²) >= 11 is 10.5. The Morgan fingerprint density at radius 3 is 2.70 bits per heavy atom. The van der Waals surface area contributed by atoms with Gasteiger partial charge in [-0.2, -0.15) is 0 Å². The van der Waals surface area contributed by atoms with Crippen LogP contribution in [0.3, 0.4) is 0 Å². The van der Waals surface area contributed by atoms with E-state index in [0.29, 0.717) is 16.8 Å². The van der Waals surface area contributed by atoms with E-state index >= 15 is 0 Å². The molecule has 0 bridgehead atoms. The van der Waals surface area contributed by atoms with E-state index < -0.39 is 4.92 Å². The maximum absolute atomic E-state index is 12.0. The van der Waals surface area contributed by atoms with Crippen LogP contribution >= 0.6 is 38.9 Å². The lowest BCUT2D eigenvalue weighted by molar-refractivity contribution is -0.384. The van der Waals surface area contributed by atoms with Crippen molar-refractivity contribution in [3.8, 4) is 0 Å². The lowest BCUT2D eigenvalue weighted by Gasteiger charge is -2.08. The molecule has 0 unspecified atom stereocenters. The van der Waals surface area contributed by atoms with Crippen LogP contribution in [0.2, 0.25) is 5.02 Å². The first-order valence-electron chi connectivity index (χ1n) is 5.38. The van der Waals surface area contributed by atoms with Crippen LogP contribution in [0, 0.1) is 17.0 Å². The Kier molecular flexibility index (Phi) is 4.42. The van der Waals surface area contributed by atoms with Crippen molar-refractivity contribution >= 4 is 56.1 Å². The van der Waals surface area contributed by atoms with Gasteiger partial charge in [0.15, 0.2) is 0 Å². The third kappa shape index (κ3) is 3.17. The van der Waals surface area contributed by atoms with Gasteiger partial charge in [0.1, 0.15) is 5.02 Å². The molecule has 0 spiro atoms. The van der Waals surface area contributed by atoms with E-state index in [2.05, 4.69) is 21.2 Å². The van der Waals surface area contributed by atoms with Gasteiger partial charge >= 0.3 is 0 Å². The first kappa shape index (κ1) is 15.0.